The Labute approximate surface area is 119 Å². The van der Waals surface area contributed by atoms with E-state index in [-0.39, 0.29) is 5.57 Å². The number of rotatable bonds is 2. The van der Waals surface area contributed by atoms with Crippen molar-refractivity contribution in [1.29, 1.82) is 0 Å². The van der Waals surface area contributed by atoms with Crippen molar-refractivity contribution in [3.63, 3.8) is 0 Å². The molecule has 1 fully saturated rings. The van der Waals surface area contributed by atoms with E-state index in [2.05, 4.69) is 15.9 Å². The monoisotopic (exact) mass is 324 g/mol. The Kier molecular flexibility index (Phi) is 3.75. The third-order valence-corrected chi connectivity index (χ3v) is 3.22. The highest BCUT2D eigenvalue weighted by Gasteiger charge is 2.38. The molecule has 0 N–H and O–H groups in total. The van der Waals surface area contributed by atoms with Crippen LogP contribution in [0.2, 0.25) is 0 Å². The van der Waals surface area contributed by atoms with Gasteiger partial charge in [-0.2, -0.15) is 0 Å². The lowest BCUT2D eigenvalue weighted by atomic mass is 10.1. The van der Waals surface area contributed by atoms with Gasteiger partial charge in [0.15, 0.2) is 0 Å². The first-order valence-electron chi connectivity index (χ1n) is 5.75. The molecule has 0 radical (unpaired) electrons. The SMILES string of the molecule is CC1(C)OC(=O)C(=Cc2ccccc2CBr)C(=O)O1. The van der Waals surface area contributed by atoms with E-state index < -0.39 is 17.7 Å². The number of ether oxygens (including phenoxy) is 2. The van der Waals surface area contributed by atoms with E-state index in [1.54, 1.807) is 0 Å². The smallest absolute Gasteiger partial charge is 0.348 e. The van der Waals surface area contributed by atoms with E-state index in [0.717, 1.165) is 11.1 Å². The van der Waals surface area contributed by atoms with Gasteiger partial charge in [0.1, 0.15) is 5.57 Å². The Morgan fingerprint density at radius 2 is 1.74 bits per heavy atom. The molecule has 100 valence electrons. The lowest BCUT2D eigenvalue weighted by Gasteiger charge is -2.29. The molecule has 0 saturated carbocycles. The number of hydrogen-bond donors (Lipinski definition) is 0. The Balaban J connectivity index is 2.38. The predicted octanol–water partition coefficient (Wildman–Crippen LogP) is 2.80. The summed E-state index contributed by atoms with van der Waals surface area (Å²) in [6.45, 7) is 3.04. The molecule has 2 rings (SSSR count). The topological polar surface area (TPSA) is 52.6 Å². The van der Waals surface area contributed by atoms with Gasteiger partial charge in [-0.3, -0.25) is 0 Å². The van der Waals surface area contributed by atoms with E-state index >= 15 is 0 Å². The summed E-state index contributed by atoms with van der Waals surface area (Å²) >= 11 is 3.36. The number of hydrogen-bond acceptors (Lipinski definition) is 4. The first kappa shape index (κ1) is 13.8. The first-order valence-corrected chi connectivity index (χ1v) is 6.87. The van der Waals surface area contributed by atoms with E-state index in [9.17, 15) is 9.59 Å². The van der Waals surface area contributed by atoms with Gasteiger partial charge < -0.3 is 9.47 Å². The van der Waals surface area contributed by atoms with E-state index in [1.165, 1.54) is 19.9 Å². The van der Waals surface area contributed by atoms with Gasteiger partial charge in [0.05, 0.1) is 0 Å². The summed E-state index contributed by atoms with van der Waals surface area (Å²) < 4.78 is 10.1. The van der Waals surface area contributed by atoms with Crippen LogP contribution >= 0.6 is 15.9 Å². The molecule has 19 heavy (non-hydrogen) atoms. The lowest BCUT2D eigenvalue weighted by molar-refractivity contribution is -0.222. The molecule has 0 aromatic heterocycles. The van der Waals surface area contributed by atoms with Crippen LogP contribution in [0.25, 0.3) is 6.08 Å². The van der Waals surface area contributed by atoms with Gasteiger partial charge in [-0.1, -0.05) is 40.2 Å². The van der Waals surface area contributed by atoms with Crippen LogP contribution in [0.4, 0.5) is 0 Å². The molecule has 4 nitrogen and oxygen atoms in total. The number of carbonyl (C=O) groups excluding carboxylic acids is 2. The molecular formula is C14H13BrO4. The van der Waals surface area contributed by atoms with Gasteiger partial charge in [0.2, 0.25) is 0 Å². The van der Waals surface area contributed by atoms with Crippen LogP contribution in [0.1, 0.15) is 25.0 Å². The second kappa shape index (κ2) is 5.17. The fourth-order valence-electron chi connectivity index (χ4n) is 1.73. The van der Waals surface area contributed by atoms with Crippen molar-refractivity contribution in [3.05, 3.63) is 41.0 Å². The van der Waals surface area contributed by atoms with Gasteiger partial charge in [0.25, 0.3) is 5.79 Å². The quantitative estimate of drug-likeness (QED) is 0.363. The van der Waals surface area contributed by atoms with Crippen LogP contribution < -0.4 is 0 Å². The van der Waals surface area contributed by atoms with Gasteiger partial charge in [-0.15, -0.1) is 0 Å². The summed E-state index contributed by atoms with van der Waals surface area (Å²) in [5.74, 6) is -2.53. The average Bonchev–Trinajstić information content (AvgIpc) is 2.33. The molecule has 0 aliphatic carbocycles. The second-order valence-corrected chi connectivity index (χ2v) is 5.13. The Morgan fingerprint density at radius 1 is 1.16 bits per heavy atom. The van der Waals surface area contributed by atoms with Crippen molar-refractivity contribution in [2.24, 2.45) is 0 Å². The van der Waals surface area contributed by atoms with Crippen LogP contribution in [0.15, 0.2) is 29.8 Å². The van der Waals surface area contributed by atoms with Crippen LogP contribution in [0.3, 0.4) is 0 Å². The zero-order chi connectivity index (χ0) is 14.0. The van der Waals surface area contributed by atoms with Crippen LogP contribution in [-0.4, -0.2) is 17.7 Å². The number of alkyl halides is 1. The molecule has 0 bridgehead atoms. The van der Waals surface area contributed by atoms with Gasteiger partial charge in [-0.05, 0) is 17.2 Å². The van der Waals surface area contributed by atoms with E-state index in [4.69, 9.17) is 9.47 Å². The molecule has 0 unspecified atom stereocenters. The third-order valence-electron chi connectivity index (χ3n) is 2.62. The minimum atomic E-state index is -1.21. The van der Waals surface area contributed by atoms with Crippen LogP contribution in [0.5, 0.6) is 0 Å². The Bertz CT molecular complexity index is 538. The van der Waals surface area contributed by atoms with Crippen molar-refractivity contribution in [2.75, 3.05) is 0 Å². The largest absolute Gasteiger partial charge is 0.419 e. The minimum Gasteiger partial charge on any atom is -0.419 e. The molecule has 1 saturated heterocycles. The molecular weight excluding hydrogens is 312 g/mol. The molecule has 1 aromatic rings. The molecule has 1 aromatic carbocycles. The molecule has 0 spiro atoms. The Hall–Kier alpha value is -1.62. The zero-order valence-electron chi connectivity index (χ0n) is 10.6. The summed E-state index contributed by atoms with van der Waals surface area (Å²) in [5.41, 5.74) is 1.66. The highest BCUT2D eigenvalue weighted by molar-refractivity contribution is 9.08. The summed E-state index contributed by atoms with van der Waals surface area (Å²) in [4.78, 5) is 23.6. The molecule has 1 heterocycles. The van der Waals surface area contributed by atoms with Crippen molar-refractivity contribution in [3.8, 4) is 0 Å². The van der Waals surface area contributed by atoms with Crippen LogP contribution in [-0.2, 0) is 24.4 Å². The van der Waals surface area contributed by atoms with Crippen LogP contribution in [0, 0.1) is 0 Å². The predicted molar refractivity (Wildman–Crippen MR) is 73.3 cm³/mol. The molecule has 1 aliphatic heterocycles. The molecule has 0 atom stereocenters. The van der Waals surface area contributed by atoms with Crippen molar-refractivity contribution >= 4 is 33.9 Å². The number of cyclic esters (lactones) is 2. The molecule has 0 amide bonds. The zero-order valence-corrected chi connectivity index (χ0v) is 12.2. The minimum absolute atomic E-state index is 0.0901. The fourth-order valence-corrected chi connectivity index (χ4v) is 2.24. The standard InChI is InChI=1S/C14H13BrO4/c1-14(2)18-12(16)11(13(17)19-14)7-9-5-3-4-6-10(9)8-15/h3-7H,8H2,1-2H3. The number of esters is 2. The van der Waals surface area contributed by atoms with Crippen molar-refractivity contribution in [2.45, 2.75) is 25.0 Å². The van der Waals surface area contributed by atoms with Gasteiger partial charge >= 0.3 is 11.9 Å². The number of halogens is 1. The fraction of sp³-hybridized carbons (Fsp3) is 0.286. The summed E-state index contributed by atoms with van der Waals surface area (Å²) in [7, 11) is 0. The number of benzene rings is 1. The maximum absolute atomic E-state index is 11.8. The van der Waals surface area contributed by atoms with Gasteiger partial charge in [-0.25, -0.2) is 9.59 Å². The number of carbonyl (C=O) groups is 2. The molecule has 1 aliphatic rings. The highest BCUT2D eigenvalue weighted by atomic mass is 79.9. The molecule has 5 heteroatoms. The van der Waals surface area contributed by atoms with Crippen molar-refractivity contribution < 1.29 is 19.1 Å². The normalized spacial score (nSPS) is 17.7. The second-order valence-electron chi connectivity index (χ2n) is 4.57. The van der Waals surface area contributed by atoms with Gasteiger partial charge in [0, 0.05) is 19.2 Å². The van der Waals surface area contributed by atoms with Crippen molar-refractivity contribution in [1.82, 2.24) is 0 Å². The van der Waals surface area contributed by atoms with E-state index in [0.29, 0.717) is 5.33 Å². The maximum Gasteiger partial charge on any atom is 0.348 e. The highest BCUT2D eigenvalue weighted by Crippen LogP contribution is 2.25. The third kappa shape index (κ3) is 3.04. The average molecular weight is 325 g/mol. The lowest BCUT2D eigenvalue weighted by Crippen LogP contribution is -2.41. The maximum atomic E-state index is 11.8. The first-order chi connectivity index (χ1) is 8.93. The Morgan fingerprint density at radius 3 is 2.32 bits per heavy atom. The summed E-state index contributed by atoms with van der Waals surface area (Å²) in [5, 5.41) is 0.628. The summed E-state index contributed by atoms with van der Waals surface area (Å²) in [6.07, 6.45) is 1.50. The van der Waals surface area contributed by atoms with E-state index in [1.807, 2.05) is 24.3 Å². The summed E-state index contributed by atoms with van der Waals surface area (Å²) in [6, 6.07) is 7.45.